The smallest absolute Gasteiger partial charge is 0.251 e. The standard InChI is InChI=1S/C13H14FN3O/c1-8-5-10(3-4-12(8)14)13(18)15-6-11-7-16-17-9(11)2/h3-5,7H,6H2,1-2H3,(H,15,18)(H,16,17). The van der Waals surface area contributed by atoms with Crippen molar-refractivity contribution in [3.05, 3.63) is 52.6 Å². The summed E-state index contributed by atoms with van der Waals surface area (Å²) in [6, 6.07) is 4.31. The Kier molecular flexibility index (Phi) is 3.41. The molecule has 1 heterocycles. The Morgan fingerprint density at radius 1 is 1.44 bits per heavy atom. The summed E-state index contributed by atoms with van der Waals surface area (Å²) in [7, 11) is 0. The molecule has 0 unspecified atom stereocenters. The maximum absolute atomic E-state index is 13.1. The van der Waals surface area contributed by atoms with Crippen LogP contribution >= 0.6 is 0 Å². The van der Waals surface area contributed by atoms with Gasteiger partial charge in [-0.25, -0.2) is 4.39 Å². The van der Waals surface area contributed by atoms with Gasteiger partial charge in [-0.15, -0.1) is 0 Å². The van der Waals surface area contributed by atoms with E-state index in [-0.39, 0.29) is 11.7 Å². The van der Waals surface area contributed by atoms with Gasteiger partial charge < -0.3 is 5.32 Å². The first-order chi connectivity index (χ1) is 8.58. The Balaban J connectivity index is 2.04. The topological polar surface area (TPSA) is 57.8 Å². The van der Waals surface area contributed by atoms with Crippen LogP contribution in [0, 0.1) is 19.7 Å². The number of halogens is 1. The molecule has 0 spiro atoms. The zero-order chi connectivity index (χ0) is 13.1. The van der Waals surface area contributed by atoms with E-state index in [0.717, 1.165) is 11.3 Å². The van der Waals surface area contributed by atoms with Crippen LogP contribution in [0.15, 0.2) is 24.4 Å². The number of hydrogen-bond donors (Lipinski definition) is 2. The number of benzene rings is 1. The van der Waals surface area contributed by atoms with Gasteiger partial charge in [-0.3, -0.25) is 9.89 Å². The van der Waals surface area contributed by atoms with Gasteiger partial charge in [-0.1, -0.05) is 0 Å². The Bertz CT molecular complexity index is 577. The number of rotatable bonds is 3. The molecular formula is C13H14FN3O. The Hall–Kier alpha value is -2.17. The molecule has 1 aromatic heterocycles. The van der Waals surface area contributed by atoms with Gasteiger partial charge in [0.05, 0.1) is 6.20 Å². The van der Waals surface area contributed by atoms with E-state index in [9.17, 15) is 9.18 Å². The molecule has 2 rings (SSSR count). The maximum atomic E-state index is 13.1. The first kappa shape index (κ1) is 12.3. The van der Waals surface area contributed by atoms with E-state index < -0.39 is 0 Å². The number of aryl methyl sites for hydroxylation is 2. The van der Waals surface area contributed by atoms with Gasteiger partial charge in [0.15, 0.2) is 0 Å². The molecule has 94 valence electrons. The summed E-state index contributed by atoms with van der Waals surface area (Å²) in [5.41, 5.74) is 2.77. The summed E-state index contributed by atoms with van der Waals surface area (Å²) >= 11 is 0. The lowest BCUT2D eigenvalue weighted by Gasteiger charge is -2.05. The Morgan fingerprint density at radius 2 is 2.22 bits per heavy atom. The minimum absolute atomic E-state index is 0.223. The number of amides is 1. The molecule has 0 aliphatic rings. The zero-order valence-corrected chi connectivity index (χ0v) is 10.2. The summed E-state index contributed by atoms with van der Waals surface area (Å²) in [5, 5.41) is 9.44. The summed E-state index contributed by atoms with van der Waals surface area (Å²) in [4.78, 5) is 11.9. The average molecular weight is 247 g/mol. The highest BCUT2D eigenvalue weighted by molar-refractivity contribution is 5.94. The molecule has 0 fully saturated rings. The van der Waals surface area contributed by atoms with E-state index in [0.29, 0.717) is 17.7 Å². The van der Waals surface area contributed by atoms with Gasteiger partial charge in [-0.05, 0) is 37.6 Å². The lowest BCUT2D eigenvalue weighted by Crippen LogP contribution is -2.23. The number of H-pyrrole nitrogens is 1. The highest BCUT2D eigenvalue weighted by Gasteiger charge is 2.08. The third-order valence-electron chi connectivity index (χ3n) is 2.79. The average Bonchev–Trinajstić information content (AvgIpc) is 2.75. The lowest BCUT2D eigenvalue weighted by atomic mass is 10.1. The van der Waals surface area contributed by atoms with E-state index in [4.69, 9.17) is 0 Å². The number of nitrogens with one attached hydrogen (secondary N) is 2. The van der Waals surface area contributed by atoms with Crippen LogP contribution in [0.4, 0.5) is 4.39 Å². The van der Waals surface area contributed by atoms with Crippen molar-refractivity contribution in [3.8, 4) is 0 Å². The number of carbonyl (C=O) groups excluding carboxylic acids is 1. The van der Waals surface area contributed by atoms with Crippen LogP contribution in [0.25, 0.3) is 0 Å². The first-order valence-electron chi connectivity index (χ1n) is 5.61. The molecule has 1 aromatic carbocycles. The summed E-state index contributed by atoms with van der Waals surface area (Å²) in [6.07, 6.45) is 1.67. The predicted octanol–water partition coefficient (Wildman–Crippen LogP) is 2.10. The highest BCUT2D eigenvalue weighted by atomic mass is 19.1. The molecule has 0 radical (unpaired) electrons. The molecule has 2 N–H and O–H groups in total. The predicted molar refractivity (Wildman–Crippen MR) is 65.6 cm³/mol. The second-order valence-electron chi connectivity index (χ2n) is 4.17. The summed E-state index contributed by atoms with van der Waals surface area (Å²) < 4.78 is 13.1. The van der Waals surface area contributed by atoms with Crippen molar-refractivity contribution in [1.29, 1.82) is 0 Å². The maximum Gasteiger partial charge on any atom is 0.251 e. The van der Waals surface area contributed by atoms with Crippen molar-refractivity contribution >= 4 is 5.91 Å². The minimum atomic E-state index is -0.308. The van der Waals surface area contributed by atoms with Crippen molar-refractivity contribution in [2.75, 3.05) is 0 Å². The highest BCUT2D eigenvalue weighted by Crippen LogP contribution is 2.09. The molecule has 0 atom stereocenters. The normalized spacial score (nSPS) is 10.4. The number of aromatic nitrogens is 2. The number of aromatic amines is 1. The summed E-state index contributed by atoms with van der Waals surface area (Å²) in [5.74, 6) is -0.532. The van der Waals surface area contributed by atoms with Gasteiger partial charge in [0, 0.05) is 23.4 Å². The van der Waals surface area contributed by atoms with E-state index >= 15 is 0 Å². The zero-order valence-electron chi connectivity index (χ0n) is 10.2. The second kappa shape index (κ2) is 5.00. The molecule has 2 aromatic rings. The quantitative estimate of drug-likeness (QED) is 0.872. The monoisotopic (exact) mass is 247 g/mol. The molecule has 0 saturated carbocycles. The van der Waals surface area contributed by atoms with E-state index in [1.807, 2.05) is 6.92 Å². The number of hydrogen-bond acceptors (Lipinski definition) is 2. The Morgan fingerprint density at radius 3 is 2.83 bits per heavy atom. The molecule has 4 nitrogen and oxygen atoms in total. The molecule has 0 saturated heterocycles. The molecule has 0 bridgehead atoms. The summed E-state index contributed by atoms with van der Waals surface area (Å²) in [6.45, 7) is 3.92. The first-order valence-corrected chi connectivity index (χ1v) is 5.61. The van der Waals surface area contributed by atoms with Crippen LogP contribution in [-0.4, -0.2) is 16.1 Å². The van der Waals surface area contributed by atoms with Gasteiger partial charge >= 0.3 is 0 Å². The molecule has 0 aliphatic heterocycles. The Labute approximate surface area is 104 Å². The van der Waals surface area contributed by atoms with Crippen molar-refractivity contribution in [3.63, 3.8) is 0 Å². The van der Waals surface area contributed by atoms with Crippen molar-refractivity contribution in [1.82, 2.24) is 15.5 Å². The third-order valence-corrected chi connectivity index (χ3v) is 2.79. The fourth-order valence-electron chi connectivity index (χ4n) is 1.62. The van der Waals surface area contributed by atoms with Crippen molar-refractivity contribution in [2.45, 2.75) is 20.4 Å². The number of nitrogens with zero attached hydrogens (tertiary/aromatic N) is 1. The minimum Gasteiger partial charge on any atom is -0.348 e. The van der Waals surface area contributed by atoms with E-state index in [1.165, 1.54) is 18.2 Å². The number of carbonyl (C=O) groups is 1. The fraction of sp³-hybridized carbons (Fsp3) is 0.231. The van der Waals surface area contributed by atoms with Crippen LogP contribution in [0.3, 0.4) is 0 Å². The van der Waals surface area contributed by atoms with Crippen LogP contribution in [0.2, 0.25) is 0 Å². The van der Waals surface area contributed by atoms with Crippen LogP contribution in [0.1, 0.15) is 27.2 Å². The van der Waals surface area contributed by atoms with Crippen LogP contribution in [-0.2, 0) is 6.54 Å². The van der Waals surface area contributed by atoms with Gasteiger partial charge in [0.25, 0.3) is 5.91 Å². The van der Waals surface area contributed by atoms with Crippen molar-refractivity contribution < 1.29 is 9.18 Å². The van der Waals surface area contributed by atoms with Gasteiger partial charge in [-0.2, -0.15) is 5.10 Å². The lowest BCUT2D eigenvalue weighted by molar-refractivity contribution is 0.0950. The molecule has 18 heavy (non-hydrogen) atoms. The van der Waals surface area contributed by atoms with Crippen LogP contribution < -0.4 is 5.32 Å². The third kappa shape index (κ3) is 2.56. The van der Waals surface area contributed by atoms with Crippen LogP contribution in [0.5, 0.6) is 0 Å². The SMILES string of the molecule is Cc1cc(C(=O)NCc2cn[nH]c2C)ccc1F. The van der Waals surface area contributed by atoms with E-state index in [1.54, 1.807) is 13.1 Å². The fourth-order valence-corrected chi connectivity index (χ4v) is 1.62. The molecular weight excluding hydrogens is 233 g/mol. The largest absolute Gasteiger partial charge is 0.348 e. The van der Waals surface area contributed by atoms with Gasteiger partial charge in [0.1, 0.15) is 5.82 Å². The molecule has 1 amide bonds. The van der Waals surface area contributed by atoms with Gasteiger partial charge in [0.2, 0.25) is 0 Å². The second-order valence-corrected chi connectivity index (χ2v) is 4.17. The molecule has 5 heteroatoms. The van der Waals surface area contributed by atoms with E-state index in [2.05, 4.69) is 15.5 Å². The molecule has 0 aliphatic carbocycles. The van der Waals surface area contributed by atoms with Crippen molar-refractivity contribution in [2.24, 2.45) is 0 Å².